The van der Waals surface area contributed by atoms with Crippen molar-refractivity contribution in [1.82, 2.24) is 0 Å². The number of benzene rings is 1. The minimum absolute atomic E-state index is 0.0583. The number of amides is 1. The van der Waals surface area contributed by atoms with E-state index in [1.807, 2.05) is 25.1 Å². The number of aryl methyl sites for hydroxylation is 1. The van der Waals surface area contributed by atoms with Crippen LogP contribution in [0, 0.1) is 6.92 Å². The zero-order chi connectivity index (χ0) is 13.0. The van der Waals surface area contributed by atoms with Gasteiger partial charge in [0, 0.05) is 23.2 Å². The van der Waals surface area contributed by atoms with Crippen LogP contribution in [0.3, 0.4) is 0 Å². The zero-order valence-electron chi connectivity index (χ0n) is 10.5. The second-order valence-corrected chi connectivity index (χ2v) is 5.65. The Kier molecular flexibility index (Phi) is 4.78. The van der Waals surface area contributed by atoms with Crippen molar-refractivity contribution in [1.29, 1.82) is 0 Å². The maximum absolute atomic E-state index is 11.8. The average Bonchev–Trinajstić information content (AvgIpc) is 2.77. The number of hydrogen-bond donors (Lipinski definition) is 1. The molecule has 1 aromatic carbocycles. The first kappa shape index (κ1) is 13.6. The van der Waals surface area contributed by atoms with Gasteiger partial charge in [0.1, 0.15) is 0 Å². The van der Waals surface area contributed by atoms with Crippen LogP contribution in [-0.2, 0) is 9.53 Å². The Morgan fingerprint density at radius 1 is 1.50 bits per heavy atom. The van der Waals surface area contributed by atoms with Gasteiger partial charge in [0.2, 0.25) is 5.91 Å². The molecule has 1 heterocycles. The van der Waals surface area contributed by atoms with Crippen LogP contribution < -0.4 is 5.32 Å². The lowest BCUT2D eigenvalue weighted by Gasteiger charge is -2.10. The van der Waals surface area contributed by atoms with E-state index in [1.54, 1.807) is 0 Å². The summed E-state index contributed by atoms with van der Waals surface area (Å²) >= 11 is 3.42. The minimum Gasteiger partial charge on any atom is -0.378 e. The number of nitrogens with one attached hydrogen (secondary N) is 1. The molecule has 1 aromatic rings. The van der Waals surface area contributed by atoms with Crippen molar-refractivity contribution in [2.24, 2.45) is 0 Å². The van der Waals surface area contributed by atoms with E-state index >= 15 is 0 Å². The summed E-state index contributed by atoms with van der Waals surface area (Å²) in [5.74, 6) is 0.0583. The van der Waals surface area contributed by atoms with Crippen LogP contribution in [0.25, 0.3) is 0 Å². The minimum atomic E-state index is 0.0583. The normalized spacial score (nSPS) is 18.9. The van der Waals surface area contributed by atoms with Gasteiger partial charge in [0.15, 0.2) is 0 Å². The Morgan fingerprint density at radius 2 is 2.33 bits per heavy atom. The molecular formula is C14H18BrNO2. The van der Waals surface area contributed by atoms with Crippen molar-refractivity contribution >= 4 is 27.5 Å². The molecule has 1 fully saturated rings. The van der Waals surface area contributed by atoms with Crippen molar-refractivity contribution in [3.05, 3.63) is 28.2 Å². The molecule has 0 bridgehead atoms. The molecule has 3 nitrogen and oxygen atoms in total. The van der Waals surface area contributed by atoms with Gasteiger partial charge in [-0.15, -0.1) is 0 Å². The van der Waals surface area contributed by atoms with Crippen LogP contribution in [0.4, 0.5) is 5.69 Å². The molecule has 0 radical (unpaired) electrons. The Bertz CT molecular complexity index is 408. The largest absolute Gasteiger partial charge is 0.378 e. The summed E-state index contributed by atoms with van der Waals surface area (Å²) in [6.45, 7) is 2.85. The third-order valence-corrected chi connectivity index (χ3v) is 3.50. The summed E-state index contributed by atoms with van der Waals surface area (Å²) in [6.07, 6.45) is 3.83. The highest BCUT2D eigenvalue weighted by atomic mass is 79.9. The summed E-state index contributed by atoms with van der Waals surface area (Å²) < 4.78 is 6.49. The molecule has 4 heteroatoms. The molecule has 1 amide bonds. The monoisotopic (exact) mass is 311 g/mol. The lowest BCUT2D eigenvalue weighted by Crippen LogP contribution is -2.15. The fourth-order valence-corrected chi connectivity index (χ4v) is 2.80. The maximum Gasteiger partial charge on any atom is 0.224 e. The number of anilines is 1. The smallest absolute Gasteiger partial charge is 0.224 e. The van der Waals surface area contributed by atoms with Gasteiger partial charge in [-0.2, -0.15) is 0 Å². The van der Waals surface area contributed by atoms with E-state index in [2.05, 4.69) is 21.2 Å². The third kappa shape index (κ3) is 4.10. The van der Waals surface area contributed by atoms with E-state index in [0.717, 1.165) is 41.6 Å². The third-order valence-electron chi connectivity index (χ3n) is 3.04. The SMILES string of the molecule is Cc1cc(Br)cc(NC(=O)CCC2CCCO2)c1. The van der Waals surface area contributed by atoms with Crippen molar-refractivity contribution < 1.29 is 9.53 Å². The van der Waals surface area contributed by atoms with Gasteiger partial charge in [-0.1, -0.05) is 15.9 Å². The Hall–Kier alpha value is -0.870. The summed E-state index contributed by atoms with van der Waals surface area (Å²) in [7, 11) is 0. The molecular weight excluding hydrogens is 294 g/mol. The first-order valence-electron chi connectivity index (χ1n) is 6.32. The number of rotatable bonds is 4. The van der Waals surface area contributed by atoms with Crippen molar-refractivity contribution in [3.63, 3.8) is 0 Å². The van der Waals surface area contributed by atoms with Crippen molar-refractivity contribution in [3.8, 4) is 0 Å². The van der Waals surface area contributed by atoms with Crippen LogP contribution in [0.2, 0.25) is 0 Å². The highest BCUT2D eigenvalue weighted by Gasteiger charge is 2.16. The second kappa shape index (κ2) is 6.34. The molecule has 1 aliphatic heterocycles. The second-order valence-electron chi connectivity index (χ2n) is 4.74. The highest BCUT2D eigenvalue weighted by molar-refractivity contribution is 9.10. The molecule has 98 valence electrons. The lowest BCUT2D eigenvalue weighted by atomic mass is 10.1. The van der Waals surface area contributed by atoms with E-state index < -0.39 is 0 Å². The maximum atomic E-state index is 11.8. The molecule has 1 N–H and O–H groups in total. The number of carbonyl (C=O) groups excluding carboxylic acids is 1. The van der Waals surface area contributed by atoms with Gasteiger partial charge < -0.3 is 10.1 Å². The molecule has 0 spiro atoms. The molecule has 0 aromatic heterocycles. The number of hydrogen-bond acceptors (Lipinski definition) is 2. The molecule has 1 saturated heterocycles. The summed E-state index contributed by atoms with van der Waals surface area (Å²) in [5.41, 5.74) is 1.97. The van der Waals surface area contributed by atoms with E-state index in [0.29, 0.717) is 6.42 Å². The summed E-state index contributed by atoms with van der Waals surface area (Å²) in [6, 6.07) is 5.90. The summed E-state index contributed by atoms with van der Waals surface area (Å²) in [4.78, 5) is 11.8. The van der Waals surface area contributed by atoms with Crippen molar-refractivity contribution in [2.75, 3.05) is 11.9 Å². The van der Waals surface area contributed by atoms with Crippen LogP contribution in [-0.4, -0.2) is 18.6 Å². The van der Waals surface area contributed by atoms with Crippen molar-refractivity contribution in [2.45, 2.75) is 38.7 Å². The van der Waals surface area contributed by atoms with Crippen LogP contribution in [0.1, 0.15) is 31.2 Å². The Labute approximate surface area is 116 Å². The molecule has 1 atom stereocenters. The Balaban J connectivity index is 1.82. The van der Waals surface area contributed by atoms with Gasteiger partial charge in [-0.25, -0.2) is 0 Å². The molecule has 2 rings (SSSR count). The predicted molar refractivity (Wildman–Crippen MR) is 75.7 cm³/mol. The lowest BCUT2D eigenvalue weighted by molar-refractivity contribution is -0.116. The first-order valence-corrected chi connectivity index (χ1v) is 7.11. The fraction of sp³-hybridized carbons (Fsp3) is 0.500. The van der Waals surface area contributed by atoms with Gasteiger partial charge in [0.05, 0.1) is 6.10 Å². The van der Waals surface area contributed by atoms with Crippen LogP contribution in [0.5, 0.6) is 0 Å². The quantitative estimate of drug-likeness (QED) is 0.921. The van der Waals surface area contributed by atoms with Gasteiger partial charge in [0.25, 0.3) is 0 Å². The molecule has 0 aliphatic carbocycles. The fourth-order valence-electron chi connectivity index (χ4n) is 2.20. The number of halogens is 1. The molecule has 1 aliphatic rings. The average molecular weight is 312 g/mol. The summed E-state index contributed by atoms with van der Waals surface area (Å²) in [5, 5.41) is 2.92. The zero-order valence-corrected chi connectivity index (χ0v) is 12.1. The van der Waals surface area contributed by atoms with Gasteiger partial charge in [-0.3, -0.25) is 4.79 Å². The van der Waals surface area contributed by atoms with E-state index in [1.165, 1.54) is 0 Å². The van der Waals surface area contributed by atoms with Gasteiger partial charge >= 0.3 is 0 Å². The standard InChI is InChI=1S/C14H18BrNO2/c1-10-7-11(15)9-12(8-10)16-14(17)5-4-13-3-2-6-18-13/h7-9,13H,2-6H2,1H3,(H,16,17). The first-order chi connectivity index (χ1) is 8.63. The predicted octanol–water partition coefficient (Wildman–Crippen LogP) is 3.66. The highest BCUT2D eigenvalue weighted by Crippen LogP contribution is 2.20. The topological polar surface area (TPSA) is 38.3 Å². The van der Waals surface area contributed by atoms with E-state index in [4.69, 9.17) is 4.74 Å². The molecule has 1 unspecified atom stereocenters. The Morgan fingerprint density at radius 3 is 3.00 bits per heavy atom. The molecule has 0 saturated carbocycles. The van der Waals surface area contributed by atoms with Gasteiger partial charge in [-0.05, 0) is 49.9 Å². The van der Waals surface area contributed by atoms with Crippen LogP contribution >= 0.6 is 15.9 Å². The van der Waals surface area contributed by atoms with Crippen LogP contribution in [0.15, 0.2) is 22.7 Å². The number of carbonyl (C=O) groups is 1. The van der Waals surface area contributed by atoms with E-state index in [9.17, 15) is 4.79 Å². The molecule has 18 heavy (non-hydrogen) atoms. The number of ether oxygens (including phenoxy) is 1. The van der Waals surface area contributed by atoms with E-state index in [-0.39, 0.29) is 12.0 Å².